The molecule has 2 fully saturated rings. The van der Waals surface area contributed by atoms with Crippen molar-refractivity contribution < 1.29 is 4.79 Å². The molecule has 6 heteroatoms. The Hall–Kier alpha value is -2.63. The number of rotatable bonds is 3. The topological polar surface area (TPSA) is 66.0 Å². The predicted molar refractivity (Wildman–Crippen MR) is 104 cm³/mol. The molecule has 6 atom stereocenters. The van der Waals surface area contributed by atoms with E-state index in [0.717, 1.165) is 12.8 Å². The fourth-order valence-electron chi connectivity index (χ4n) is 7.24. The molecule has 2 bridgehead atoms. The van der Waals surface area contributed by atoms with Crippen LogP contribution in [0.15, 0.2) is 52.1 Å². The number of hydrogen-bond acceptors (Lipinski definition) is 3. The summed E-state index contributed by atoms with van der Waals surface area (Å²) in [5, 5.41) is 0. The molecule has 6 nitrogen and oxygen atoms in total. The maximum Gasteiger partial charge on any atom is 0.352 e. The summed E-state index contributed by atoms with van der Waals surface area (Å²) < 4.78 is 4.55. The number of hydrogen-bond donors (Lipinski definition) is 0. The van der Waals surface area contributed by atoms with Gasteiger partial charge >= 0.3 is 11.4 Å². The Labute approximate surface area is 162 Å². The highest BCUT2D eigenvalue weighted by atomic mass is 16.2. The van der Waals surface area contributed by atoms with Crippen LogP contribution in [-0.2, 0) is 4.79 Å². The minimum Gasteiger partial charge on any atom is -0.299 e. The Balaban J connectivity index is 1.61. The van der Waals surface area contributed by atoms with Gasteiger partial charge in [0.15, 0.2) is 0 Å². The summed E-state index contributed by atoms with van der Waals surface area (Å²) in [6, 6.07) is 8.65. The Morgan fingerprint density at radius 2 is 1.75 bits per heavy atom. The quantitative estimate of drug-likeness (QED) is 0.772. The summed E-state index contributed by atoms with van der Waals surface area (Å²) in [6.45, 7) is 4.23. The van der Waals surface area contributed by atoms with E-state index < -0.39 is 5.41 Å². The molecule has 0 saturated heterocycles. The van der Waals surface area contributed by atoms with Crippen LogP contribution >= 0.6 is 0 Å². The van der Waals surface area contributed by atoms with Gasteiger partial charge in [-0.05, 0) is 24.5 Å². The Bertz CT molecular complexity index is 1170. The molecule has 1 spiro atoms. The first-order valence-electron chi connectivity index (χ1n) is 10.2. The van der Waals surface area contributed by atoms with E-state index in [9.17, 15) is 14.4 Å². The normalized spacial score (nSPS) is 39.0. The van der Waals surface area contributed by atoms with Crippen LogP contribution in [0.5, 0.6) is 0 Å². The molecule has 3 aliphatic carbocycles. The molecule has 0 N–H and O–H groups in total. The van der Waals surface area contributed by atoms with Gasteiger partial charge in [-0.1, -0.05) is 50.6 Å². The van der Waals surface area contributed by atoms with Gasteiger partial charge in [-0.25, -0.2) is 23.5 Å². The van der Waals surface area contributed by atoms with E-state index in [4.69, 9.17) is 0 Å². The van der Waals surface area contributed by atoms with Gasteiger partial charge in [-0.3, -0.25) is 4.79 Å². The van der Waals surface area contributed by atoms with Crippen molar-refractivity contribution in [3.8, 4) is 5.69 Å². The van der Waals surface area contributed by atoms with Gasteiger partial charge in [0.2, 0.25) is 0 Å². The second-order valence-corrected chi connectivity index (χ2v) is 8.97. The number of carbonyl (C=O) groups excluding carboxylic acids is 1. The third-order valence-corrected chi connectivity index (χ3v) is 8.16. The van der Waals surface area contributed by atoms with Gasteiger partial charge in [-0.2, -0.15) is 0 Å². The molecule has 7 rings (SSSR count). The summed E-state index contributed by atoms with van der Waals surface area (Å²) in [5.74, 6) is 0.724. The van der Waals surface area contributed by atoms with E-state index in [2.05, 4.69) is 26.0 Å². The van der Waals surface area contributed by atoms with Crippen molar-refractivity contribution in [1.82, 2.24) is 13.9 Å². The number of benzene rings is 1. The molecular formula is C22H23N3O3. The molecule has 2 aromatic rings. The molecule has 3 heterocycles. The van der Waals surface area contributed by atoms with E-state index in [1.165, 1.54) is 4.57 Å². The number of carbonyl (C=O) groups is 1. The number of ketones is 1. The highest BCUT2D eigenvalue weighted by Gasteiger charge is 2.89. The second kappa shape index (κ2) is 4.85. The molecule has 0 radical (unpaired) electrons. The van der Waals surface area contributed by atoms with Crippen molar-refractivity contribution in [1.29, 1.82) is 0 Å². The average molecular weight is 377 g/mol. The molecule has 0 amide bonds. The van der Waals surface area contributed by atoms with E-state index in [1.54, 1.807) is 21.5 Å². The van der Waals surface area contributed by atoms with Crippen molar-refractivity contribution in [3.05, 3.63) is 63.5 Å². The van der Waals surface area contributed by atoms with Gasteiger partial charge in [0.25, 0.3) is 0 Å². The number of nitrogens with zero attached hydrogens (tertiary/aromatic N) is 3. The van der Waals surface area contributed by atoms with Crippen LogP contribution in [0.3, 0.4) is 0 Å². The average Bonchev–Trinajstić information content (AvgIpc) is 3.13. The van der Waals surface area contributed by atoms with Gasteiger partial charge in [0.1, 0.15) is 5.78 Å². The Morgan fingerprint density at radius 1 is 1.04 bits per heavy atom. The van der Waals surface area contributed by atoms with Crippen LogP contribution in [0.4, 0.5) is 0 Å². The lowest BCUT2D eigenvalue weighted by Crippen LogP contribution is -2.47. The standard InChI is InChI=1S/C22H23N3O3/c1-3-7-13-12-17(26)21(2)18-15-10-11-16(22(13,18)21)25-20(28)23(19(27)24(15)25)14-8-5-4-6-9-14/h4-6,8-11,13,15-16,18H,3,7,12H2,1-2H3/t13-,15?,16?,18-,21-,22?/m1/s1. The maximum absolute atomic E-state index is 13.4. The molecule has 1 aromatic heterocycles. The van der Waals surface area contributed by atoms with Gasteiger partial charge < -0.3 is 0 Å². The lowest BCUT2D eigenvalue weighted by molar-refractivity contribution is -0.123. The summed E-state index contributed by atoms with van der Waals surface area (Å²) in [4.78, 5) is 39.7. The SMILES string of the molecule is CCC[C@@H]1CC(=O)[C@]2(C)[C@H]3C4C=CC(n5c(=O)n(-c6ccccc6)c(=O)n54)C132. The van der Waals surface area contributed by atoms with E-state index >= 15 is 0 Å². The Kier molecular flexibility index (Phi) is 2.83. The highest BCUT2D eigenvalue weighted by Crippen LogP contribution is 2.87. The molecule has 2 aliphatic heterocycles. The van der Waals surface area contributed by atoms with Crippen molar-refractivity contribution >= 4 is 5.78 Å². The first-order chi connectivity index (χ1) is 13.5. The largest absolute Gasteiger partial charge is 0.352 e. The molecule has 5 aliphatic rings. The molecule has 28 heavy (non-hydrogen) atoms. The third-order valence-electron chi connectivity index (χ3n) is 8.16. The van der Waals surface area contributed by atoms with E-state index in [0.29, 0.717) is 17.9 Å². The Morgan fingerprint density at radius 3 is 2.46 bits per heavy atom. The van der Waals surface area contributed by atoms with Crippen LogP contribution in [0, 0.1) is 22.7 Å². The van der Waals surface area contributed by atoms with Crippen molar-refractivity contribution in [2.24, 2.45) is 22.7 Å². The molecule has 1 aromatic carbocycles. The molecule has 3 unspecified atom stereocenters. The zero-order valence-corrected chi connectivity index (χ0v) is 16.0. The van der Waals surface area contributed by atoms with Gasteiger partial charge in [0, 0.05) is 23.2 Å². The van der Waals surface area contributed by atoms with Crippen LogP contribution in [-0.4, -0.2) is 19.7 Å². The van der Waals surface area contributed by atoms with Crippen LogP contribution < -0.4 is 11.4 Å². The number of aromatic nitrogens is 3. The molecule has 144 valence electrons. The monoisotopic (exact) mass is 377 g/mol. The number of allylic oxidation sites excluding steroid dienone is 2. The fraction of sp³-hybridized carbons (Fsp3) is 0.500. The summed E-state index contributed by atoms with van der Waals surface area (Å²) in [6.07, 6.45) is 6.76. The minimum absolute atomic E-state index is 0.122. The molecular weight excluding hydrogens is 354 g/mol. The second-order valence-electron chi connectivity index (χ2n) is 8.97. The fourth-order valence-corrected chi connectivity index (χ4v) is 7.24. The molecule has 2 saturated carbocycles. The third kappa shape index (κ3) is 1.43. The minimum atomic E-state index is -0.422. The van der Waals surface area contributed by atoms with Crippen LogP contribution in [0.25, 0.3) is 5.69 Å². The zero-order chi connectivity index (χ0) is 19.4. The van der Waals surface area contributed by atoms with Crippen LogP contribution in [0.1, 0.15) is 45.2 Å². The van der Waals surface area contributed by atoms with E-state index in [-0.39, 0.29) is 40.7 Å². The van der Waals surface area contributed by atoms with E-state index in [1.807, 2.05) is 18.2 Å². The summed E-state index contributed by atoms with van der Waals surface area (Å²) in [7, 11) is 0. The number of para-hydroxylation sites is 1. The van der Waals surface area contributed by atoms with Crippen molar-refractivity contribution in [2.45, 2.75) is 45.2 Å². The van der Waals surface area contributed by atoms with Gasteiger partial charge in [-0.15, -0.1) is 0 Å². The van der Waals surface area contributed by atoms with Crippen molar-refractivity contribution in [3.63, 3.8) is 0 Å². The predicted octanol–water partition coefficient (Wildman–Crippen LogP) is 2.48. The first kappa shape index (κ1) is 16.3. The first-order valence-corrected chi connectivity index (χ1v) is 10.2. The van der Waals surface area contributed by atoms with Crippen molar-refractivity contribution in [2.75, 3.05) is 0 Å². The summed E-state index contributed by atoms with van der Waals surface area (Å²) >= 11 is 0. The number of Topliss-reactive ketones (excluding diaryl/α,β-unsaturated/α-hetero) is 1. The lowest BCUT2D eigenvalue weighted by Gasteiger charge is -2.42. The maximum atomic E-state index is 13.4. The van der Waals surface area contributed by atoms with Crippen LogP contribution in [0.2, 0.25) is 0 Å². The zero-order valence-electron chi connectivity index (χ0n) is 16.0. The summed E-state index contributed by atoms with van der Waals surface area (Å²) in [5.41, 5.74) is -0.647. The lowest BCUT2D eigenvalue weighted by atomic mass is 9.73. The van der Waals surface area contributed by atoms with Gasteiger partial charge in [0.05, 0.1) is 17.8 Å². The smallest absolute Gasteiger partial charge is 0.299 e. The highest BCUT2D eigenvalue weighted by molar-refractivity contribution is 5.94.